The van der Waals surface area contributed by atoms with Crippen molar-refractivity contribution < 1.29 is 14.2 Å². The van der Waals surface area contributed by atoms with Gasteiger partial charge in [-0.2, -0.15) is 4.98 Å². The molecule has 2 rings (SSSR count). The summed E-state index contributed by atoms with van der Waals surface area (Å²) in [6, 6.07) is 4.69. The maximum Gasteiger partial charge on any atom is 0.274 e. The Bertz CT molecular complexity index is 777. The number of nitrogens with one attached hydrogen (secondary N) is 1. The number of hydrogen-bond donors (Lipinski definition) is 1. The Balaban J connectivity index is 1.97. The van der Waals surface area contributed by atoms with Gasteiger partial charge in [0, 0.05) is 35.6 Å². The maximum atomic E-state index is 12.1. The zero-order valence-electron chi connectivity index (χ0n) is 14.8. The molecule has 1 aromatic carbocycles. The van der Waals surface area contributed by atoms with E-state index in [9.17, 15) is 14.9 Å². The molecule has 0 unspecified atom stereocenters. The summed E-state index contributed by atoms with van der Waals surface area (Å²) in [6.45, 7) is 7.76. The molecular weight excluding hydrogens is 324 g/mol. The molecule has 0 saturated carbocycles. The zero-order valence-corrected chi connectivity index (χ0v) is 14.8. The van der Waals surface area contributed by atoms with Gasteiger partial charge in [-0.25, -0.2) is 0 Å². The van der Waals surface area contributed by atoms with Crippen LogP contribution in [0, 0.1) is 10.1 Å². The highest BCUT2D eigenvalue weighted by Gasteiger charge is 2.21. The van der Waals surface area contributed by atoms with Crippen LogP contribution in [0.15, 0.2) is 22.7 Å². The lowest BCUT2D eigenvalue weighted by atomic mass is 9.96. The quantitative estimate of drug-likeness (QED) is 0.634. The SMILES string of the molecule is CCc1ccc(NC(=O)CCc2nc(C(C)(C)C)no2)cc1[N+](=O)[O-]. The van der Waals surface area contributed by atoms with Gasteiger partial charge in [0.2, 0.25) is 11.8 Å². The Morgan fingerprint density at radius 2 is 2.08 bits per heavy atom. The van der Waals surface area contributed by atoms with E-state index in [0.717, 1.165) is 0 Å². The number of hydrogen-bond acceptors (Lipinski definition) is 6. The Hall–Kier alpha value is -2.77. The zero-order chi connectivity index (χ0) is 18.6. The minimum absolute atomic E-state index is 0.00650. The van der Waals surface area contributed by atoms with Crippen molar-refractivity contribution in [3.63, 3.8) is 0 Å². The summed E-state index contributed by atoms with van der Waals surface area (Å²) < 4.78 is 5.14. The molecule has 2 aromatic rings. The molecule has 1 aromatic heterocycles. The summed E-state index contributed by atoms with van der Waals surface area (Å²) in [5, 5.41) is 17.6. The number of rotatable bonds is 6. The normalized spacial score (nSPS) is 11.4. The van der Waals surface area contributed by atoms with Crippen molar-refractivity contribution in [3.05, 3.63) is 45.6 Å². The average Bonchev–Trinajstić information content (AvgIpc) is 3.02. The molecule has 0 fully saturated rings. The second kappa shape index (κ2) is 7.42. The molecule has 25 heavy (non-hydrogen) atoms. The first-order valence-corrected chi connectivity index (χ1v) is 8.11. The van der Waals surface area contributed by atoms with Crippen LogP contribution in [0.1, 0.15) is 51.4 Å². The summed E-state index contributed by atoms with van der Waals surface area (Å²) in [4.78, 5) is 27.0. The number of carbonyl (C=O) groups is 1. The number of anilines is 1. The van der Waals surface area contributed by atoms with Crippen LogP contribution in [0.2, 0.25) is 0 Å². The molecule has 0 saturated heterocycles. The number of nitrogens with zero attached hydrogens (tertiary/aromatic N) is 3. The number of carbonyl (C=O) groups excluding carboxylic acids is 1. The highest BCUT2D eigenvalue weighted by atomic mass is 16.6. The summed E-state index contributed by atoms with van der Waals surface area (Å²) in [6.07, 6.45) is 1.01. The Kier molecular flexibility index (Phi) is 5.51. The third-order valence-electron chi connectivity index (χ3n) is 3.65. The smallest absolute Gasteiger partial charge is 0.274 e. The highest BCUT2D eigenvalue weighted by Crippen LogP contribution is 2.24. The van der Waals surface area contributed by atoms with Crippen molar-refractivity contribution in [2.24, 2.45) is 0 Å². The van der Waals surface area contributed by atoms with E-state index in [4.69, 9.17) is 4.52 Å². The van der Waals surface area contributed by atoms with E-state index in [1.54, 1.807) is 12.1 Å². The molecule has 8 heteroatoms. The molecule has 1 amide bonds. The van der Waals surface area contributed by atoms with Crippen LogP contribution in [0.4, 0.5) is 11.4 Å². The predicted octanol–water partition coefficient (Wildman–Crippen LogP) is 3.41. The van der Waals surface area contributed by atoms with Crippen LogP contribution in [-0.4, -0.2) is 21.0 Å². The highest BCUT2D eigenvalue weighted by molar-refractivity contribution is 5.91. The first-order valence-electron chi connectivity index (χ1n) is 8.11. The number of nitro benzene ring substituents is 1. The standard InChI is InChI=1S/C17H22N4O4/c1-5-11-6-7-12(10-13(11)21(23)24)18-14(22)8-9-15-19-16(20-25-15)17(2,3)4/h6-7,10H,5,8-9H2,1-4H3,(H,18,22). The van der Waals surface area contributed by atoms with Gasteiger partial charge in [0.1, 0.15) is 0 Å². The lowest BCUT2D eigenvalue weighted by Gasteiger charge is -2.10. The molecule has 1 N–H and O–H groups in total. The molecular formula is C17H22N4O4. The number of aryl methyl sites for hydroxylation is 2. The van der Waals surface area contributed by atoms with E-state index in [1.807, 2.05) is 27.7 Å². The van der Waals surface area contributed by atoms with Gasteiger partial charge < -0.3 is 9.84 Å². The van der Waals surface area contributed by atoms with E-state index in [2.05, 4.69) is 15.5 Å². The fourth-order valence-corrected chi connectivity index (χ4v) is 2.22. The molecule has 0 aliphatic rings. The maximum absolute atomic E-state index is 12.1. The van der Waals surface area contributed by atoms with Gasteiger partial charge in [-0.15, -0.1) is 0 Å². The third-order valence-corrected chi connectivity index (χ3v) is 3.65. The lowest BCUT2D eigenvalue weighted by molar-refractivity contribution is -0.385. The molecule has 0 aliphatic carbocycles. The molecule has 134 valence electrons. The van der Waals surface area contributed by atoms with E-state index >= 15 is 0 Å². The average molecular weight is 346 g/mol. The number of aromatic nitrogens is 2. The summed E-state index contributed by atoms with van der Waals surface area (Å²) in [5.41, 5.74) is 0.814. The predicted molar refractivity (Wildman–Crippen MR) is 92.4 cm³/mol. The van der Waals surface area contributed by atoms with Crippen LogP contribution in [0.5, 0.6) is 0 Å². The van der Waals surface area contributed by atoms with E-state index in [1.165, 1.54) is 6.07 Å². The monoisotopic (exact) mass is 346 g/mol. The van der Waals surface area contributed by atoms with Gasteiger partial charge in [0.25, 0.3) is 5.69 Å². The molecule has 0 spiro atoms. The van der Waals surface area contributed by atoms with Gasteiger partial charge >= 0.3 is 0 Å². The first kappa shape index (κ1) is 18.6. The van der Waals surface area contributed by atoms with E-state index in [0.29, 0.717) is 35.8 Å². The van der Waals surface area contributed by atoms with Crippen molar-refractivity contribution in [2.45, 2.75) is 52.4 Å². The van der Waals surface area contributed by atoms with Gasteiger partial charge in [-0.3, -0.25) is 14.9 Å². The largest absolute Gasteiger partial charge is 0.339 e. The summed E-state index contributed by atoms with van der Waals surface area (Å²) in [7, 11) is 0. The fraction of sp³-hybridized carbons (Fsp3) is 0.471. The van der Waals surface area contributed by atoms with Gasteiger partial charge in [-0.1, -0.05) is 38.9 Å². The molecule has 1 heterocycles. The lowest BCUT2D eigenvalue weighted by Crippen LogP contribution is -2.14. The minimum Gasteiger partial charge on any atom is -0.339 e. The van der Waals surface area contributed by atoms with Gasteiger partial charge in [0.05, 0.1) is 4.92 Å². The Labute approximate surface area is 145 Å². The molecule has 0 radical (unpaired) electrons. The number of benzene rings is 1. The Morgan fingerprint density at radius 1 is 1.36 bits per heavy atom. The second-order valence-corrected chi connectivity index (χ2v) is 6.76. The van der Waals surface area contributed by atoms with Crippen LogP contribution >= 0.6 is 0 Å². The topological polar surface area (TPSA) is 111 Å². The van der Waals surface area contributed by atoms with Crippen molar-refractivity contribution >= 4 is 17.3 Å². The van der Waals surface area contributed by atoms with E-state index < -0.39 is 4.92 Å². The summed E-state index contributed by atoms with van der Waals surface area (Å²) >= 11 is 0. The molecule has 8 nitrogen and oxygen atoms in total. The molecule has 0 atom stereocenters. The molecule has 0 bridgehead atoms. The van der Waals surface area contributed by atoms with Crippen molar-refractivity contribution in [2.75, 3.05) is 5.32 Å². The second-order valence-electron chi connectivity index (χ2n) is 6.76. The number of nitro groups is 1. The molecule has 0 aliphatic heterocycles. The third kappa shape index (κ3) is 4.85. The first-order chi connectivity index (χ1) is 11.7. The Morgan fingerprint density at radius 3 is 2.64 bits per heavy atom. The minimum atomic E-state index is -0.443. The van der Waals surface area contributed by atoms with Crippen molar-refractivity contribution in [1.82, 2.24) is 10.1 Å². The van der Waals surface area contributed by atoms with Gasteiger partial charge in [-0.05, 0) is 12.5 Å². The van der Waals surface area contributed by atoms with Gasteiger partial charge in [0.15, 0.2) is 5.82 Å². The van der Waals surface area contributed by atoms with Crippen molar-refractivity contribution in [1.29, 1.82) is 0 Å². The number of amides is 1. The van der Waals surface area contributed by atoms with Crippen LogP contribution in [0.25, 0.3) is 0 Å². The summed E-state index contributed by atoms with van der Waals surface area (Å²) in [5.74, 6) is 0.718. The van der Waals surface area contributed by atoms with Crippen LogP contribution in [-0.2, 0) is 23.1 Å². The van der Waals surface area contributed by atoms with Crippen LogP contribution in [0.3, 0.4) is 0 Å². The fourth-order valence-electron chi connectivity index (χ4n) is 2.22. The van der Waals surface area contributed by atoms with E-state index in [-0.39, 0.29) is 23.4 Å². The van der Waals surface area contributed by atoms with Crippen LogP contribution < -0.4 is 5.32 Å². The van der Waals surface area contributed by atoms with Crippen molar-refractivity contribution in [3.8, 4) is 0 Å².